The van der Waals surface area contributed by atoms with Gasteiger partial charge < -0.3 is 9.47 Å². The minimum absolute atomic E-state index is 0.0783. The van der Waals surface area contributed by atoms with Crippen molar-refractivity contribution in [3.63, 3.8) is 0 Å². The highest BCUT2D eigenvalue weighted by atomic mass is 16.2. The Labute approximate surface area is 83.5 Å². The van der Waals surface area contributed by atoms with E-state index in [4.69, 9.17) is 6.42 Å². The Bertz CT molecular complexity index is 362. The quantitative estimate of drug-likeness (QED) is 0.653. The lowest BCUT2D eigenvalue weighted by Gasteiger charge is -2.17. The number of nitrogens with zero attached hydrogens (tertiary/aromatic N) is 3. The predicted octanol–water partition coefficient (Wildman–Crippen LogP) is 0.515. The van der Waals surface area contributed by atoms with Crippen molar-refractivity contribution in [2.75, 3.05) is 13.1 Å². The zero-order chi connectivity index (χ0) is 10.6. The second-order valence-electron chi connectivity index (χ2n) is 2.91. The maximum atomic E-state index is 11.8. The Morgan fingerprint density at radius 3 is 2.93 bits per heavy atom. The standard InChI is InChI=1S/C10H13N3O/c1-4-6-13(5-2)10(14)9-7-11-8-12(9)3/h1,7-8H,5-6H2,2-3H3. The monoisotopic (exact) mass is 191 g/mol. The molecule has 1 rings (SSSR count). The van der Waals surface area contributed by atoms with Gasteiger partial charge in [-0.05, 0) is 6.92 Å². The molecule has 1 heterocycles. The second-order valence-corrected chi connectivity index (χ2v) is 2.91. The summed E-state index contributed by atoms with van der Waals surface area (Å²) in [6, 6.07) is 0. The van der Waals surface area contributed by atoms with Crippen LogP contribution in [0.2, 0.25) is 0 Å². The predicted molar refractivity (Wildman–Crippen MR) is 53.6 cm³/mol. The molecule has 0 spiro atoms. The van der Waals surface area contributed by atoms with Crippen LogP contribution in [-0.2, 0) is 7.05 Å². The second kappa shape index (κ2) is 4.47. The van der Waals surface area contributed by atoms with Crippen molar-refractivity contribution in [1.82, 2.24) is 14.5 Å². The van der Waals surface area contributed by atoms with Crippen molar-refractivity contribution in [1.29, 1.82) is 0 Å². The van der Waals surface area contributed by atoms with Crippen LogP contribution in [0.3, 0.4) is 0 Å². The molecule has 0 N–H and O–H groups in total. The summed E-state index contributed by atoms with van der Waals surface area (Å²) in [6.45, 7) is 2.83. The molecule has 1 aromatic heterocycles. The molecule has 0 aliphatic carbocycles. The number of amides is 1. The first-order valence-corrected chi connectivity index (χ1v) is 4.39. The van der Waals surface area contributed by atoms with Crippen LogP contribution in [0.5, 0.6) is 0 Å². The largest absolute Gasteiger partial charge is 0.330 e. The zero-order valence-electron chi connectivity index (χ0n) is 8.40. The van der Waals surface area contributed by atoms with Crippen molar-refractivity contribution in [2.24, 2.45) is 7.05 Å². The maximum Gasteiger partial charge on any atom is 0.272 e. The topological polar surface area (TPSA) is 38.1 Å². The van der Waals surface area contributed by atoms with Gasteiger partial charge in [0.15, 0.2) is 0 Å². The van der Waals surface area contributed by atoms with Crippen LogP contribution in [-0.4, -0.2) is 33.4 Å². The Morgan fingerprint density at radius 1 is 1.79 bits per heavy atom. The number of rotatable bonds is 3. The lowest BCUT2D eigenvalue weighted by Crippen LogP contribution is -2.32. The Morgan fingerprint density at radius 2 is 2.50 bits per heavy atom. The highest BCUT2D eigenvalue weighted by Gasteiger charge is 2.15. The van der Waals surface area contributed by atoms with Gasteiger partial charge in [-0.2, -0.15) is 0 Å². The highest BCUT2D eigenvalue weighted by molar-refractivity contribution is 5.92. The SMILES string of the molecule is C#CCN(CC)C(=O)c1cncn1C. The van der Waals surface area contributed by atoms with E-state index < -0.39 is 0 Å². The van der Waals surface area contributed by atoms with E-state index in [0.717, 1.165) is 0 Å². The van der Waals surface area contributed by atoms with E-state index in [-0.39, 0.29) is 5.91 Å². The van der Waals surface area contributed by atoms with Crippen molar-refractivity contribution >= 4 is 5.91 Å². The van der Waals surface area contributed by atoms with E-state index in [1.807, 2.05) is 6.92 Å². The first kappa shape index (κ1) is 10.3. The molecular formula is C10H13N3O. The summed E-state index contributed by atoms with van der Waals surface area (Å²) in [6.07, 6.45) is 8.31. The number of terminal acetylenes is 1. The number of imidazole rings is 1. The average Bonchev–Trinajstić information content (AvgIpc) is 2.59. The smallest absolute Gasteiger partial charge is 0.272 e. The number of aryl methyl sites for hydroxylation is 1. The third kappa shape index (κ3) is 1.94. The Balaban J connectivity index is 2.84. The maximum absolute atomic E-state index is 11.8. The van der Waals surface area contributed by atoms with Gasteiger partial charge in [0, 0.05) is 13.6 Å². The van der Waals surface area contributed by atoms with Gasteiger partial charge in [0.25, 0.3) is 5.91 Å². The summed E-state index contributed by atoms with van der Waals surface area (Å²) in [7, 11) is 1.78. The van der Waals surface area contributed by atoms with Gasteiger partial charge in [0.2, 0.25) is 0 Å². The van der Waals surface area contributed by atoms with Gasteiger partial charge in [-0.1, -0.05) is 5.92 Å². The fourth-order valence-corrected chi connectivity index (χ4v) is 1.16. The van der Waals surface area contributed by atoms with E-state index in [2.05, 4.69) is 10.9 Å². The summed E-state index contributed by atoms with van der Waals surface area (Å²) in [5.74, 6) is 2.38. The van der Waals surface area contributed by atoms with E-state index in [1.54, 1.807) is 29.0 Å². The van der Waals surface area contributed by atoms with Gasteiger partial charge in [0.1, 0.15) is 5.69 Å². The van der Waals surface area contributed by atoms with Crippen LogP contribution >= 0.6 is 0 Å². The molecule has 0 atom stereocenters. The normalized spacial score (nSPS) is 9.50. The fourth-order valence-electron chi connectivity index (χ4n) is 1.16. The molecule has 0 fully saturated rings. The van der Waals surface area contributed by atoms with Crippen molar-refractivity contribution in [3.05, 3.63) is 18.2 Å². The van der Waals surface area contributed by atoms with Gasteiger partial charge >= 0.3 is 0 Å². The molecule has 0 aliphatic heterocycles. The summed E-state index contributed by atoms with van der Waals surface area (Å²) < 4.78 is 1.68. The summed E-state index contributed by atoms with van der Waals surface area (Å²) >= 11 is 0. The minimum atomic E-state index is -0.0783. The van der Waals surface area contributed by atoms with Gasteiger partial charge in [-0.15, -0.1) is 6.42 Å². The molecule has 0 aromatic carbocycles. The minimum Gasteiger partial charge on any atom is -0.330 e. The van der Waals surface area contributed by atoms with Crippen molar-refractivity contribution < 1.29 is 4.79 Å². The van der Waals surface area contributed by atoms with E-state index in [0.29, 0.717) is 18.8 Å². The lowest BCUT2D eigenvalue weighted by molar-refractivity contribution is 0.0775. The Hall–Kier alpha value is -1.76. The van der Waals surface area contributed by atoms with Crippen LogP contribution in [0.4, 0.5) is 0 Å². The first-order valence-electron chi connectivity index (χ1n) is 4.39. The molecular weight excluding hydrogens is 178 g/mol. The first-order chi connectivity index (χ1) is 6.70. The zero-order valence-corrected chi connectivity index (χ0v) is 8.40. The molecule has 1 aromatic rings. The van der Waals surface area contributed by atoms with Crippen LogP contribution in [0, 0.1) is 12.3 Å². The van der Waals surface area contributed by atoms with E-state index in [1.165, 1.54) is 0 Å². The van der Waals surface area contributed by atoms with Crippen LogP contribution < -0.4 is 0 Å². The lowest BCUT2D eigenvalue weighted by atomic mass is 10.3. The molecule has 74 valence electrons. The molecule has 0 saturated carbocycles. The Kier molecular flexibility index (Phi) is 3.29. The summed E-state index contributed by atoms with van der Waals surface area (Å²) in [4.78, 5) is 17.3. The molecule has 4 nitrogen and oxygen atoms in total. The summed E-state index contributed by atoms with van der Waals surface area (Å²) in [5, 5.41) is 0. The van der Waals surface area contributed by atoms with Crippen molar-refractivity contribution in [3.8, 4) is 12.3 Å². The fraction of sp³-hybridized carbons (Fsp3) is 0.400. The van der Waals surface area contributed by atoms with E-state index in [9.17, 15) is 4.79 Å². The van der Waals surface area contributed by atoms with Crippen LogP contribution in [0.1, 0.15) is 17.4 Å². The highest BCUT2D eigenvalue weighted by Crippen LogP contribution is 2.02. The number of carbonyl (C=O) groups is 1. The number of hydrogen-bond acceptors (Lipinski definition) is 2. The molecule has 0 unspecified atom stereocenters. The van der Waals surface area contributed by atoms with E-state index >= 15 is 0 Å². The number of carbonyl (C=O) groups excluding carboxylic acids is 1. The molecule has 0 saturated heterocycles. The molecule has 0 aliphatic rings. The average molecular weight is 191 g/mol. The third-order valence-electron chi connectivity index (χ3n) is 1.99. The number of aromatic nitrogens is 2. The van der Waals surface area contributed by atoms with Crippen LogP contribution in [0.15, 0.2) is 12.5 Å². The van der Waals surface area contributed by atoms with Gasteiger partial charge in [0.05, 0.1) is 19.1 Å². The summed E-state index contributed by atoms with van der Waals surface area (Å²) in [5.41, 5.74) is 0.558. The molecule has 1 amide bonds. The molecule has 4 heteroatoms. The van der Waals surface area contributed by atoms with Crippen molar-refractivity contribution in [2.45, 2.75) is 6.92 Å². The third-order valence-corrected chi connectivity index (χ3v) is 1.99. The number of hydrogen-bond donors (Lipinski definition) is 0. The van der Waals surface area contributed by atoms with Gasteiger partial charge in [-0.3, -0.25) is 4.79 Å². The van der Waals surface area contributed by atoms with Gasteiger partial charge in [-0.25, -0.2) is 4.98 Å². The molecule has 0 radical (unpaired) electrons. The van der Waals surface area contributed by atoms with Crippen LogP contribution in [0.25, 0.3) is 0 Å². The molecule has 14 heavy (non-hydrogen) atoms. The molecule has 0 bridgehead atoms.